The zero-order chi connectivity index (χ0) is 28.7. The second-order valence-corrected chi connectivity index (χ2v) is 14.0. The molecule has 0 bridgehead atoms. The van der Waals surface area contributed by atoms with Gasteiger partial charge in [0.05, 0.1) is 0 Å². The van der Waals surface area contributed by atoms with Crippen molar-refractivity contribution in [3.05, 3.63) is 0 Å². The summed E-state index contributed by atoms with van der Waals surface area (Å²) in [5.74, 6) is 0. The fraction of sp³-hybridized carbons (Fsp3) is 0.857. The van der Waals surface area contributed by atoms with E-state index < -0.39 is 83.3 Å². The molecule has 0 unspecified atom stereocenters. The first-order valence-corrected chi connectivity index (χ1v) is 17.6. The van der Waals surface area contributed by atoms with Crippen LogP contribution in [0.1, 0.15) is 0 Å². The van der Waals surface area contributed by atoms with E-state index in [2.05, 4.69) is 33.4 Å². The van der Waals surface area contributed by atoms with Crippen LogP contribution in [0.25, 0.3) is 0 Å². The van der Waals surface area contributed by atoms with Crippen LogP contribution in [0.15, 0.2) is 0 Å². The molecule has 0 saturated heterocycles. The molecular formula is C7H20O23P6. The maximum absolute atomic E-state index is 11.5. The first-order valence-electron chi connectivity index (χ1n) is 8.14. The molecule has 0 aromatic carbocycles. The Morgan fingerprint density at radius 2 is 0.500 bits per heavy atom. The lowest BCUT2D eigenvalue weighted by Crippen LogP contribution is -2.66. The van der Waals surface area contributed by atoms with Crippen molar-refractivity contribution >= 4 is 53.0 Å². The van der Waals surface area contributed by atoms with Crippen LogP contribution in [0.2, 0.25) is 0 Å². The summed E-state index contributed by atoms with van der Waals surface area (Å²) in [6.07, 6.45) is -15.3. The first-order chi connectivity index (χ1) is 15.6. The molecule has 6 atom stereocenters. The highest BCUT2D eigenvalue weighted by Gasteiger charge is 2.62. The molecule has 216 valence electrons. The second-order valence-electron chi connectivity index (χ2n) is 6.54. The van der Waals surface area contributed by atoms with Gasteiger partial charge in [-0.05, 0) is 6.30 Å². The molecular weight excluding hydrogens is 638 g/mol. The van der Waals surface area contributed by atoms with E-state index in [1.54, 1.807) is 0 Å². The molecule has 0 aliphatic heterocycles. The van der Waals surface area contributed by atoms with Gasteiger partial charge in [0, 0.05) is 0 Å². The average Bonchev–Trinajstić information content (AvgIpc) is 2.51. The Labute approximate surface area is 198 Å². The summed E-state index contributed by atoms with van der Waals surface area (Å²) in [4.78, 5) is 111. The minimum atomic E-state index is -5.97. The molecule has 0 aromatic rings. The number of phosphoric ester groups is 5. The lowest BCUT2D eigenvalue weighted by Gasteiger charge is -2.48. The molecule has 12 N–H and O–H groups in total. The predicted molar refractivity (Wildman–Crippen MR) is 108 cm³/mol. The molecule has 0 radical (unpaired) electrons. The van der Waals surface area contributed by atoms with E-state index in [0.29, 0.717) is 0 Å². The van der Waals surface area contributed by atoms with Gasteiger partial charge in [0.2, 0.25) is 7.57 Å². The van der Waals surface area contributed by atoms with Crippen molar-refractivity contribution < 1.29 is 109 Å². The van der Waals surface area contributed by atoms with Crippen LogP contribution in [0.3, 0.4) is 0 Å². The quantitative estimate of drug-likeness (QED) is 0.0927. The smallest absolute Gasteiger partial charge is 0.333 e. The van der Waals surface area contributed by atoms with E-state index in [-0.39, 0.29) is 0 Å². The lowest BCUT2D eigenvalue weighted by atomic mass is 9.85. The van der Waals surface area contributed by atoms with Crippen molar-refractivity contribution in [1.82, 2.24) is 0 Å². The summed E-state index contributed by atoms with van der Waals surface area (Å²) in [6, 6.07) is 0. The Hall–Kier alpha value is 0.730. The van der Waals surface area contributed by atoms with Crippen molar-refractivity contribution in [2.24, 2.45) is 0 Å². The fourth-order valence-electron chi connectivity index (χ4n) is 2.83. The number of phosphoric acid groups is 5. The van der Waals surface area contributed by atoms with Crippen LogP contribution < -0.4 is 0 Å². The van der Waals surface area contributed by atoms with Gasteiger partial charge >= 0.3 is 39.1 Å². The third kappa shape index (κ3) is 13.2. The van der Waals surface area contributed by atoms with Crippen LogP contribution in [-0.2, 0) is 50.0 Å². The Bertz CT molecular complexity index is 820. The largest absolute Gasteiger partial charge is 0.470 e. The van der Waals surface area contributed by atoms with Gasteiger partial charge in [-0.25, -0.2) is 22.8 Å². The van der Waals surface area contributed by atoms with Gasteiger partial charge in [0.1, 0.15) is 36.6 Å². The van der Waals surface area contributed by atoms with Crippen molar-refractivity contribution in [3.63, 3.8) is 0 Å². The molecule has 36 heavy (non-hydrogen) atoms. The fourth-order valence-corrected chi connectivity index (χ4v) is 6.24. The third-order valence-electron chi connectivity index (χ3n) is 3.53. The molecule has 29 heteroatoms. The van der Waals surface area contributed by atoms with E-state index in [1.807, 2.05) is 0 Å². The molecule has 1 rings (SSSR count). The normalized spacial score (nSPS) is 29.3. The van der Waals surface area contributed by atoms with Gasteiger partial charge in [-0.3, -0.25) is 22.6 Å². The molecule has 23 nitrogen and oxygen atoms in total. The van der Waals surface area contributed by atoms with Gasteiger partial charge in [-0.15, -0.1) is 0 Å². The molecule has 1 saturated carbocycles. The highest BCUT2D eigenvalue weighted by Crippen LogP contribution is 2.57. The van der Waals surface area contributed by atoms with E-state index in [0.717, 1.165) is 0 Å². The van der Waals surface area contributed by atoms with E-state index in [9.17, 15) is 81.5 Å². The first kappa shape index (κ1) is 34.8. The molecule has 0 amide bonds. The highest BCUT2D eigenvalue weighted by molar-refractivity contribution is 7.57. The zero-order valence-electron chi connectivity index (χ0n) is 16.7. The molecule has 1 aliphatic rings. The van der Waals surface area contributed by atoms with Crippen molar-refractivity contribution in [2.75, 3.05) is 0 Å². The van der Waals surface area contributed by atoms with Gasteiger partial charge in [0.15, 0.2) is 0 Å². The minimum Gasteiger partial charge on any atom is -0.333 e. The summed E-state index contributed by atoms with van der Waals surface area (Å²) in [5.41, 5.74) is 0. The predicted octanol–water partition coefficient (Wildman–Crippen LogP) is -3.05. The number of rotatable bonds is 12. The maximum atomic E-state index is 11.5. The van der Waals surface area contributed by atoms with Crippen molar-refractivity contribution in [1.29, 1.82) is 0 Å². The summed E-state index contributed by atoms with van der Waals surface area (Å²) in [7, 11) is -34.8. The Morgan fingerprint density at radius 3 is 0.611 bits per heavy atom. The van der Waals surface area contributed by atoms with Crippen LogP contribution in [-0.4, -0.2) is 102 Å². The van der Waals surface area contributed by atoms with Crippen LogP contribution in [0.4, 0.5) is 0 Å². The number of hydrogen-bond acceptors (Lipinski definition) is 13. The van der Waals surface area contributed by atoms with Crippen LogP contribution >= 0.6 is 46.7 Å². The summed E-state index contributed by atoms with van der Waals surface area (Å²) >= 11 is 0. The van der Waals surface area contributed by atoms with E-state index >= 15 is 0 Å². The van der Waals surface area contributed by atoms with Crippen molar-refractivity contribution in [3.8, 4) is 0 Å². The molecule has 0 heterocycles. The third-order valence-corrected chi connectivity index (χ3v) is 6.70. The van der Waals surface area contributed by atoms with Crippen molar-refractivity contribution in [2.45, 2.75) is 36.6 Å². The van der Waals surface area contributed by atoms with Gasteiger partial charge in [-0.1, -0.05) is 0 Å². The molecule has 1 aliphatic carbocycles. The maximum Gasteiger partial charge on any atom is 0.470 e. The second kappa shape index (κ2) is 11.7. The van der Waals surface area contributed by atoms with E-state index in [1.165, 1.54) is 0 Å². The topological polar surface area (TPSA) is 383 Å². The number of hydrogen-bond donors (Lipinski definition) is 12. The molecule has 1 fully saturated rings. The Morgan fingerprint density at radius 1 is 0.361 bits per heavy atom. The summed E-state index contributed by atoms with van der Waals surface area (Å²) < 4.78 is 82.8. The Kier molecular flexibility index (Phi) is 11.3. The molecule has 0 aromatic heterocycles. The van der Waals surface area contributed by atoms with Crippen LogP contribution in [0, 0.1) is 0 Å². The monoisotopic (exact) mass is 658 g/mol. The van der Waals surface area contributed by atoms with Gasteiger partial charge in [-0.2, -0.15) is 0 Å². The SMILES string of the molecule is C=P(O)(O)O[C@@H]1[C@@H](OP(=O)(O)O)[C@H](OP(=O)(O)O)[C@@H](OP(=O)(O)O)[C@H](OP(=O)(O)O)[C@H]1OP(=O)(O)O. The lowest BCUT2D eigenvalue weighted by molar-refractivity contribution is -0.200. The van der Waals surface area contributed by atoms with Crippen LogP contribution in [0.5, 0.6) is 0 Å². The standard InChI is InChI=1S/C7H20O23P6/c1-31(8,9)25-2-3(26-32(10,11)12)5(28-34(16,17)18)7(30-36(22,23)24)6(29-35(19,20)21)4(2)27-33(13,14)15/h2-9H,1H2,(H2,10,11,12)(H2,13,14,15)(H2,16,17,18)(H2,19,20,21)(H2,22,23,24)/t2-,3-,4+,5+,6-,7-. The summed E-state index contributed by atoms with van der Waals surface area (Å²) in [5, 5.41) is 0. The highest BCUT2D eigenvalue weighted by atomic mass is 31.2. The summed E-state index contributed by atoms with van der Waals surface area (Å²) in [6.45, 7) is 0. The minimum absolute atomic E-state index is 2.66. The average molecular weight is 658 g/mol. The zero-order valence-corrected chi connectivity index (χ0v) is 22.1. The van der Waals surface area contributed by atoms with Gasteiger partial charge in [0.25, 0.3) is 0 Å². The Balaban J connectivity index is 4.04. The van der Waals surface area contributed by atoms with Gasteiger partial charge < -0.3 is 63.2 Å². The van der Waals surface area contributed by atoms with E-state index in [4.69, 9.17) is 0 Å². The molecule has 0 spiro atoms.